The smallest absolute Gasteiger partial charge is 0.161 e. The molecule has 0 amide bonds. The summed E-state index contributed by atoms with van der Waals surface area (Å²) in [6.07, 6.45) is 2.04. The van der Waals surface area contributed by atoms with Crippen molar-refractivity contribution in [3.05, 3.63) is 73.3 Å². The van der Waals surface area contributed by atoms with E-state index in [-0.39, 0.29) is 11.7 Å². The molecular formula is C22H20ClN3OS. The number of ketones is 1. The van der Waals surface area contributed by atoms with Crippen LogP contribution >= 0.6 is 22.9 Å². The van der Waals surface area contributed by atoms with Crippen molar-refractivity contribution in [2.75, 3.05) is 4.90 Å². The van der Waals surface area contributed by atoms with Gasteiger partial charge in [0.25, 0.3) is 0 Å². The van der Waals surface area contributed by atoms with Crippen molar-refractivity contribution in [1.29, 1.82) is 5.26 Å². The molecule has 142 valence electrons. The maximum atomic E-state index is 13.1. The van der Waals surface area contributed by atoms with Gasteiger partial charge in [0.05, 0.1) is 17.6 Å². The third-order valence-electron chi connectivity index (χ3n) is 5.39. The Labute approximate surface area is 173 Å². The second kappa shape index (κ2) is 7.12. The van der Waals surface area contributed by atoms with E-state index >= 15 is 0 Å². The van der Waals surface area contributed by atoms with Gasteiger partial charge in [-0.3, -0.25) is 9.69 Å². The molecule has 0 fully saturated rings. The van der Waals surface area contributed by atoms with Gasteiger partial charge in [0.2, 0.25) is 0 Å². The molecule has 1 aromatic carbocycles. The predicted octanol–water partition coefficient (Wildman–Crippen LogP) is 5.32. The van der Waals surface area contributed by atoms with Crippen LogP contribution in [0, 0.1) is 25.2 Å². The van der Waals surface area contributed by atoms with Crippen LogP contribution in [-0.4, -0.2) is 5.78 Å². The minimum absolute atomic E-state index is 0.105. The van der Waals surface area contributed by atoms with Crippen molar-refractivity contribution in [3.8, 4) is 6.07 Å². The summed E-state index contributed by atoms with van der Waals surface area (Å²) in [5, 5.41) is 10.6. The summed E-state index contributed by atoms with van der Waals surface area (Å²) in [7, 11) is 0. The van der Waals surface area contributed by atoms with Gasteiger partial charge in [0, 0.05) is 38.2 Å². The average molecular weight is 410 g/mol. The first kappa shape index (κ1) is 18.8. The van der Waals surface area contributed by atoms with Gasteiger partial charge in [-0.1, -0.05) is 11.6 Å². The normalized spacial score (nSPS) is 19.7. The Hall–Kier alpha value is -2.55. The standard InChI is InChI=1S/C22H20ClN3OS/c1-12-10-16(13(2)28-12)20-17(11-24)22(25)26(15-8-6-14(23)7-9-15)18-4-3-5-19(27)21(18)20/h6-10,20H,3-5,25H2,1-2H3/t20-/m1/s1. The molecule has 6 heteroatoms. The highest BCUT2D eigenvalue weighted by Gasteiger charge is 2.41. The van der Waals surface area contributed by atoms with Crippen molar-refractivity contribution in [2.24, 2.45) is 5.73 Å². The molecule has 2 heterocycles. The number of benzene rings is 1. The van der Waals surface area contributed by atoms with Gasteiger partial charge >= 0.3 is 0 Å². The van der Waals surface area contributed by atoms with E-state index in [1.54, 1.807) is 23.5 Å². The predicted molar refractivity (Wildman–Crippen MR) is 113 cm³/mol. The Morgan fingerprint density at radius 1 is 1.25 bits per heavy atom. The summed E-state index contributed by atoms with van der Waals surface area (Å²) in [6, 6.07) is 11.7. The zero-order valence-electron chi connectivity index (χ0n) is 15.8. The fourth-order valence-corrected chi connectivity index (χ4v) is 5.31. The monoisotopic (exact) mass is 409 g/mol. The summed E-state index contributed by atoms with van der Waals surface area (Å²) in [5.74, 6) is 0.113. The van der Waals surface area contributed by atoms with E-state index in [1.165, 1.54) is 0 Å². The largest absolute Gasteiger partial charge is 0.384 e. The van der Waals surface area contributed by atoms with Gasteiger partial charge in [-0.25, -0.2) is 0 Å². The van der Waals surface area contributed by atoms with Crippen LogP contribution in [0.4, 0.5) is 5.69 Å². The van der Waals surface area contributed by atoms with Gasteiger partial charge in [0.15, 0.2) is 5.78 Å². The SMILES string of the molecule is Cc1cc([C@@H]2C(C#N)=C(N)N(c3ccc(Cl)cc3)C3=C2C(=O)CCC3)c(C)s1. The second-order valence-electron chi connectivity index (χ2n) is 7.16. The van der Waals surface area contributed by atoms with Crippen molar-refractivity contribution < 1.29 is 4.79 Å². The van der Waals surface area contributed by atoms with Crippen molar-refractivity contribution in [2.45, 2.75) is 39.0 Å². The van der Waals surface area contributed by atoms with E-state index in [1.807, 2.05) is 30.9 Å². The highest BCUT2D eigenvalue weighted by Crippen LogP contribution is 2.48. The molecule has 0 saturated carbocycles. The van der Waals surface area contributed by atoms with Gasteiger partial charge in [-0.2, -0.15) is 5.26 Å². The quantitative estimate of drug-likeness (QED) is 0.728. The van der Waals surface area contributed by atoms with Crippen molar-refractivity contribution >= 4 is 34.4 Å². The van der Waals surface area contributed by atoms with Crippen LogP contribution in [0.5, 0.6) is 0 Å². The molecule has 0 saturated heterocycles. The third kappa shape index (κ3) is 2.94. The van der Waals surface area contributed by atoms with E-state index in [0.29, 0.717) is 28.4 Å². The molecule has 0 radical (unpaired) electrons. The Balaban J connectivity index is 1.98. The average Bonchev–Trinajstić information content (AvgIpc) is 3.00. The van der Waals surface area contributed by atoms with Crippen LogP contribution in [0.3, 0.4) is 0 Å². The number of halogens is 1. The van der Waals surface area contributed by atoms with Crippen molar-refractivity contribution in [1.82, 2.24) is 0 Å². The zero-order valence-corrected chi connectivity index (χ0v) is 17.3. The van der Waals surface area contributed by atoms with Gasteiger partial charge in [-0.15, -0.1) is 11.3 Å². The minimum atomic E-state index is -0.388. The van der Waals surface area contributed by atoms with Crippen LogP contribution in [0.1, 0.15) is 40.5 Å². The Kier molecular flexibility index (Phi) is 4.78. The number of nitrogens with two attached hydrogens (primary N) is 1. The molecule has 1 atom stereocenters. The molecule has 1 aliphatic carbocycles. The fraction of sp³-hybridized carbons (Fsp3) is 0.273. The Morgan fingerprint density at radius 2 is 1.96 bits per heavy atom. The summed E-state index contributed by atoms with van der Waals surface area (Å²) < 4.78 is 0. The minimum Gasteiger partial charge on any atom is -0.384 e. The number of nitriles is 1. The molecule has 2 aromatic rings. The molecule has 28 heavy (non-hydrogen) atoms. The Bertz CT molecular complexity index is 1070. The van der Waals surface area contributed by atoms with E-state index in [9.17, 15) is 10.1 Å². The Morgan fingerprint density at radius 3 is 2.57 bits per heavy atom. The highest BCUT2D eigenvalue weighted by atomic mass is 35.5. The lowest BCUT2D eigenvalue weighted by molar-refractivity contribution is -0.116. The number of hydrogen-bond acceptors (Lipinski definition) is 5. The lowest BCUT2D eigenvalue weighted by Gasteiger charge is -2.39. The lowest BCUT2D eigenvalue weighted by atomic mass is 9.75. The number of Topliss-reactive ketones (excluding diaryl/α,β-unsaturated/α-hetero) is 1. The number of thiophene rings is 1. The summed E-state index contributed by atoms with van der Waals surface area (Å²) in [4.78, 5) is 17.2. The van der Waals surface area contributed by atoms with Crippen molar-refractivity contribution in [3.63, 3.8) is 0 Å². The number of hydrogen-bond donors (Lipinski definition) is 1. The van der Waals surface area contributed by atoms with Gasteiger partial charge in [-0.05, 0) is 62.6 Å². The van der Waals surface area contributed by atoms with E-state index in [2.05, 4.69) is 12.1 Å². The number of nitrogens with zero attached hydrogens (tertiary/aromatic N) is 2. The number of carbonyl (C=O) groups is 1. The highest BCUT2D eigenvalue weighted by molar-refractivity contribution is 7.12. The molecule has 4 nitrogen and oxygen atoms in total. The van der Waals surface area contributed by atoms with Crippen LogP contribution in [-0.2, 0) is 4.79 Å². The first-order valence-electron chi connectivity index (χ1n) is 9.21. The summed E-state index contributed by atoms with van der Waals surface area (Å²) in [5.41, 5.74) is 10.4. The van der Waals surface area contributed by atoms with Crippen LogP contribution in [0.15, 0.2) is 53.0 Å². The summed E-state index contributed by atoms with van der Waals surface area (Å²) >= 11 is 7.73. The lowest BCUT2D eigenvalue weighted by Crippen LogP contribution is -2.38. The number of aryl methyl sites for hydroxylation is 2. The third-order valence-corrected chi connectivity index (χ3v) is 6.62. The molecule has 1 aromatic heterocycles. The topological polar surface area (TPSA) is 70.1 Å². The molecule has 2 aliphatic rings. The first-order valence-corrected chi connectivity index (χ1v) is 10.4. The molecule has 0 spiro atoms. The second-order valence-corrected chi connectivity index (χ2v) is 9.06. The number of anilines is 1. The number of allylic oxidation sites excluding steroid dienone is 3. The number of rotatable bonds is 2. The molecule has 4 rings (SSSR count). The maximum absolute atomic E-state index is 13.1. The van der Waals surface area contributed by atoms with E-state index < -0.39 is 0 Å². The molecule has 0 bridgehead atoms. The van der Waals surface area contributed by atoms with E-state index in [0.717, 1.165) is 39.5 Å². The molecule has 1 aliphatic heterocycles. The molecular weight excluding hydrogens is 390 g/mol. The maximum Gasteiger partial charge on any atom is 0.161 e. The van der Waals surface area contributed by atoms with Gasteiger partial charge < -0.3 is 5.73 Å². The fourth-order valence-electron chi connectivity index (χ4n) is 4.22. The van der Waals surface area contributed by atoms with Crippen LogP contribution < -0.4 is 10.6 Å². The van der Waals surface area contributed by atoms with E-state index in [4.69, 9.17) is 17.3 Å². The van der Waals surface area contributed by atoms with Crippen LogP contribution in [0.2, 0.25) is 5.02 Å². The van der Waals surface area contributed by atoms with Crippen LogP contribution in [0.25, 0.3) is 0 Å². The van der Waals surface area contributed by atoms with Gasteiger partial charge in [0.1, 0.15) is 5.82 Å². The molecule has 0 unspecified atom stereocenters. The number of carbonyl (C=O) groups excluding carboxylic acids is 1. The summed E-state index contributed by atoms with van der Waals surface area (Å²) in [6.45, 7) is 4.08. The molecule has 2 N–H and O–H groups in total. The zero-order chi connectivity index (χ0) is 20.0. The first-order chi connectivity index (χ1) is 13.4.